The van der Waals surface area contributed by atoms with Crippen LogP contribution in [0.2, 0.25) is 0 Å². The number of sulfonamides is 1. The highest BCUT2D eigenvalue weighted by molar-refractivity contribution is 7.89. The predicted octanol–water partition coefficient (Wildman–Crippen LogP) is 2.67. The highest BCUT2D eigenvalue weighted by Crippen LogP contribution is 2.20. The second-order valence-corrected chi connectivity index (χ2v) is 9.36. The number of carbonyl (C=O) groups is 2. The molecule has 1 rings (SSSR count). The zero-order valence-corrected chi connectivity index (χ0v) is 18.5. The van der Waals surface area contributed by atoms with E-state index in [9.17, 15) is 23.1 Å². The van der Waals surface area contributed by atoms with Crippen molar-refractivity contribution < 1.29 is 23.1 Å². The SMILES string of the molecule is CCCCCC(O)C=C[C@H]1CCCC(=O)N1CC=CCCCC(=O)NS(C)(=O)=O. The summed E-state index contributed by atoms with van der Waals surface area (Å²) in [6.45, 7) is 2.63. The summed E-state index contributed by atoms with van der Waals surface area (Å²) in [6, 6.07) is 0.00210. The molecule has 0 spiro atoms. The van der Waals surface area contributed by atoms with Crippen LogP contribution in [0.25, 0.3) is 0 Å². The van der Waals surface area contributed by atoms with Crippen LogP contribution in [0.15, 0.2) is 24.3 Å². The third kappa shape index (κ3) is 11.8. The highest BCUT2D eigenvalue weighted by atomic mass is 32.2. The fourth-order valence-corrected chi connectivity index (χ4v) is 3.80. The van der Waals surface area contributed by atoms with Gasteiger partial charge in [0.2, 0.25) is 21.8 Å². The van der Waals surface area contributed by atoms with E-state index in [1.54, 1.807) is 0 Å². The summed E-state index contributed by atoms with van der Waals surface area (Å²) in [5.41, 5.74) is 0. The maximum Gasteiger partial charge on any atom is 0.233 e. The lowest BCUT2D eigenvalue weighted by atomic mass is 10.00. The summed E-state index contributed by atoms with van der Waals surface area (Å²) in [5.74, 6) is -0.390. The Morgan fingerprint density at radius 1 is 1.31 bits per heavy atom. The van der Waals surface area contributed by atoms with Crippen LogP contribution in [0.3, 0.4) is 0 Å². The van der Waals surface area contributed by atoms with Gasteiger partial charge in [0.1, 0.15) is 0 Å². The zero-order chi connectivity index (χ0) is 21.7. The van der Waals surface area contributed by atoms with Crippen molar-refractivity contribution in [3.8, 4) is 0 Å². The molecule has 0 aromatic heterocycles. The van der Waals surface area contributed by atoms with Gasteiger partial charge in [-0.2, -0.15) is 0 Å². The van der Waals surface area contributed by atoms with Crippen molar-refractivity contribution in [1.29, 1.82) is 0 Å². The number of amides is 2. The van der Waals surface area contributed by atoms with Crippen molar-refractivity contribution in [2.45, 2.75) is 83.3 Å². The minimum atomic E-state index is -3.50. The molecule has 0 aromatic rings. The van der Waals surface area contributed by atoms with E-state index in [2.05, 4.69) is 6.92 Å². The number of piperidine rings is 1. The number of likely N-dealkylation sites (tertiary alicyclic amines) is 1. The van der Waals surface area contributed by atoms with E-state index in [-0.39, 0.29) is 18.4 Å². The van der Waals surface area contributed by atoms with Gasteiger partial charge in [-0.3, -0.25) is 14.3 Å². The lowest BCUT2D eigenvalue weighted by molar-refractivity contribution is -0.134. The fourth-order valence-electron chi connectivity index (χ4n) is 3.28. The second-order valence-electron chi connectivity index (χ2n) is 7.61. The summed E-state index contributed by atoms with van der Waals surface area (Å²) in [7, 11) is -3.50. The molecule has 2 atom stereocenters. The predicted molar refractivity (Wildman–Crippen MR) is 115 cm³/mol. The first-order valence-corrected chi connectivity index (χ1v) is 12.4. The Hall–Kier alpha value is -1.67. The molecule has 8 heteroatoms. The number of rotatable bonds is 13. The van der Waals surface area contributed by atoms with Crippen LogP contribution in [0, 0.1) is 0 Å². The first-order valence-electron chi connectivity index (χ1n) is 10.5. The first-order chi connectivity index (χ1) is 13.7. The van der Waals surface area contributed by atoms with Crippen LogP contribution >= 0.6 is 0 Å². The molecule has 0 aliphatic carbocycles. The van der Waals surface area contributed by atoms with Crippen LogP contribution in [0.1, 0.15) is 71.1 Å². The van der Waals surface area contributed by atoms with Gasteiger partial charge in [0.25, 0.3) is 0 Å². The van der Waals surface area contributed by atoms with Gasteiger partial charge in [0.05, 0.1) is 18.4 Å². The summed E-state index contributed by atoms with van der Waals surface area (Å²) < 4.78 is 23.9. The fraction of sp³-hybridized carbons (Fsp3) is 0.714. The van der Waals surface area contributed by atoms with Crippen LogP contribution in [0.5, 0.6) is 0 Å². The molecule has 1 aliphatic heterocycles. The topological polar surface area (TPSA) is 104 Å². The average molecular weight is 429 g/mol. The van der Waals surface area contributed by atoms with Crippen molar-refractivity contribution in [3.05, 3.63) is 24.3 Å². The Labute approximate surface area is 175 Å². The molecule has 0 radical (unpaired) electrons. The van der Waals surface area contributed by atoms with E-state index in [1.165, 1.54) is 0 Å². The molecule has 1 aliphatic rings. The third-order valence-electron chi connectivity index (χ3n) is 4.81. The van der Waals surface area contributed by atoms with Gasteiger partial charge in [-0.15, -0.1) is 0 Å². The maximum absolute atomic E-state index is 12.3. The van der Waals surface area contributed by atoms with Crippen molar-refractivity contribution in [2.75, 3.05) is 12.8 Å². The summed E-state index contributed by atoms with van der Waals surface area (Å²) in [6.07, 6.45) is 15.7. The number of unbranched alkanes of at least 4 members (excludes halogenated alkanes) is 3. The summed E-state index contributed by atoms with van der Waals surface area (Å²) in [4.78, 5) is 25.6. The Kier molecular flexibility index (Phi) is 11.8. The van der Waals surface area contributed by atoms with Crippen molar-refractivity contribution in [1.82, 2.24) is 9.62 Å². The number of hydrogen-bond acceptors (Lipinski definition) is 5. The number of nitrogens with one attached hydrogen (secondary N) is 1. The molecular formula is C21H36N2O5S. The molecule has 7 nitrogen and oxygen atoms in total. The summed E-state index contributed by atoms with van der Waals surface area (Å²) >= 11 is 0. The van der Waals surface area contributed by atoms with Crippen LogP contribution in [-0.4, -0.2) is 55.2 Å². The van der Waals surface area contributed by atoms with Gasteiger partial charge in [-0.1, -0.05) is 50.5 Å². The van der Waals surface area contributed by atoms with Gasteiger partial charge < -0.3 is 10.0 Å². The molecule has 2 amide bonds. The van der Waals surface area contributed by atoms with E-state index >= 15 is 0 Å². The Balaban J connectivity index is 2.42. The minimum absolute atomic E-state index is 0.00210. The molecule has 29 heavy (non-hydrogen) atoms. The van der Waals surface area contributed by atoms with E-state index in [4.69, 9.17) is 0 Å². The molecule has 166 valence electrons. The smallest absolute Gasteiger partial charge is 0.233 e. The number of carbonyl (C=O) groups excluding carboxylic acids is 2. The van der Waals surface area contributed by atoms with Gasteiger partial charge in [0.15, 0.2) is 0 Å². The van der Waals surface area contributed by atoms with Crippen molar-refractivity contribution in [3.63, 3.8) is 0 Å². The van der Waals surface area contributed by atoms with Crippen molar-refractivity contribution in [2.24, 2.45) is 0 Å². The Morgan fingerprint density at radius 2 is 2.07 bits per heavy atom. The molecular weight excluding hydrogens is 392 g/mol. The largest absolute Gasteiger partial charge is 0.389 e. The standard InChI is InChI=1S/C21H36N2O5S/c1-3-4-7-12-19(24)16-15-18-11-10-14-21(26)23(18)17-9-6-5-8-13-20(25)22-29(2,27)28/h6,9,15-16,18-19,24H,3-5,7-8,10-14,17H2,1-2H3,(H,22,25)/t18-,19?/m1/s1. The quantitative estimate of drug-likeness (QED) is 0.347. The van der Waals surface area contributed by atoms with Crippen LogP contribution in [-0.2, 0) is 19.6 Å². The van der Waals surface area contributed by atoms with Crippen LogP contribution < -0.4 is 4.72 Å². The Bertz CT molecular complexity index is 673. The first kappa shape index (κ1) is 25.4. The summed E-state index contributed by atoms with van der Waals surface area (Å²) in [5, 5.41) is 10.1. The molecule has 1 unspecified atom stereocenters. The van der Waals surface area contributed by atoms with Gasteiger partial charge in [-0.05, 0) is 32.1 Å². The number of allylic oxidation sites excluding steroid dienone is 1. The molecule has 2 N–H and O–H groups in total. The highest BCUT2D eigenvalue weighted by Gasteiger charge is 2.25. The minimum Gasteiger partial charge on any atom is -0.389 e. The number of aliphatic hydroxyl groups excluding tert-OH is 1. The Morgan fingerprint density at radius 3 is 2.76 bits per heavy atom. The van der Waals surface area contributed by atoms with Gasteiger partial charge in [0, 0.05) is 19.4 Å². The van der Waals surface area contributed by atoms with Crippen molar-refractivity contribution >= 4 is 21.8 Å². The average Bonchev–Trinajstić information content (AvgIpc) is 2.63. The van der Waals surface area contributed by atoms with E-state index in [1.807, 2.05) is 33.9 Å². The monoisotopic (exact) mass is 428 g/mol. The molecule has 0 aromatic carbocycles. The molecule has 0 bridgehead atoms. The molecule has 1 fully saturated rings. The van der Waals surface area contributed by atoms with E-state index in [0.717, 1.165) is 44.8 Å². The molecule has 0 saturated carbocycles. The lowest BCUT2D eigenvalue weighted by Crippen LogP contribution is -2.42. The number of nitrogens with zero attached hydrogens (tertiary/aromatic N) is 1. The van der Waals surface area contributed by atoms with Gasteiger partial charge in [-0.25, -0.2) is 8.42 Å². The normalized spacial score (nSPS) is 19.2. The number of aliphatic hydroxyl groups is 1. The van der Waals surface area contributed by atoms with E-state index in [0.29, 0.717) is 25.8 Å². The zero-order valence-electron chi connectivity index (χ0n) is 17.7. The number of hydrogen-bond donors (Lipinski definition) is 2. The van der Waals surface area contributed by atoms with Gasteiger partial charge >= 0.3 is 0 Å². The third-order valence-corrected chi connectivity index (χ3v) is 5.41. The molecule has 1 saturated heterocycles. The molecule has 1 heterocycles. The maximum atomic E-state index is 12.3. The van der Waals surface area contributed by atoms with Crippen LogP contribution in [0.4, 0.5) is 0 Å². The lowest BCUT2D eigenvalue weighted by Gasteiger charge is -2.33. The van der Waals surface area contributed by atoms with E-state index < -0.39 is 22.0 Å². The second kappa shape index (κ2) is 13.5.